The van der Waals surface area contributed by atoms with Gasteiger partial charge in [-0.25, -0.2) is 0 Å². The van der Waals surface area contributed by atoms with Gasteiger partial charge in [-0.05, 0) is 42.5 Å². The van der Waals surface area contributed by atoms with Crippen molar-refractivity contribution in [2.24, 2.45) is 0 Å². The van der Waals surface area contributed by atoms with Crippen molar-refractivity contribution in [3.63, 3.8) is 0 Å². The Morgan fingerprint density at radius 3 is 2.62 bits per heavy atom. The summed E-state index contributed by atoms with van der Waals surface area (Å²) in [6.45, 7) is 2.29. The summed E-state index contributed by atoms with van der Waals surface area (Å²) in [5, 5.41) is 3.08. The largest absolute Gasteiger partial charge is 0.469 e. The molecule has 1 amide bonds. The average molecular weight is 399 g/mol. The minimum atomic E-state index is -0.500. The van der Waals surface area contributed by atoms with Gasteiger partial charge in [-0.3, -0.25) is 9.59 Å². The number of esters is 1. The molecule has 1 N–H and O–H groups in total. The summed E-state index contributed by atoms with van der Waals surface area (Å²) in [7, 11) is 1.38. The fourth-order valence-electron chi connectivity index (χ4n) is 3.89. The molecule has 1 aliphatic heterocycles. The summed E-state index contributed by atoms with van der Waals surface area (Å²) in [5.41, 5.74) is 1.51. The second-order valence-corrected chi connectivity index (χ2v) is 7.60. The number of fused-ring (bicyclic) bond motifs is 1. The van der Waals surface area contributed by atoms with Gasteiger partial charge in [-0.1, -0.05) is 44.4 Å². The second kappa shape index (κ2) is 9.63. The molecule has 2 aliphatic rings. The van der Waals surface area contributed by atoms with Crippen LogP contribution in [0.1, 0.15) is 57.4 Å². The predicted octanol–water partition coefficient (Wildman–Crippen LogP) is 4.15. The molecule has 6 nitrogen and oxygen atoms in total. The van der Waals surface area contributed by atoms with E-state index in [9.17, 15) is 9.59 Å². The molecule has 6 heteroatoms. The van der Waals surface area contributed by atoms with Gasteiger partial charge in [-0.2, -0.15) is 0 Å². The van der Waals surface area contributed by atoms with Crippen LogP contribution in [-0.2, 0) is 14.3 Å². The lowest BCUT2D eigenvalue weighted by Crippen LogP contribution is -2.50. The van der Waals surface area contributed by atoms with Crippen LogP contribution in [0.3, 0.4) is 0 Å². The summed E-state index contributed by atoms with van der Waals surface area (Å²) in [5.74, 6) is 1.02. The lowest BCUT2D eigenvalue weighted by molar-refractivity contribution is -0.143. The molecule has 0 aromatic heterocycles. The van der Waals surface area contributed by atoms with Crippen LogP contribution in [-0.4, -0.2) is 31.3 Å². The molecular formula is C23H29NO5. The number of allylic oxidation sites excluding steroid dienone is 2. The lowest BCUT2D eigenvalue weighted by Gasteiger charge is -2.37. The molecule has 0 saturated heterocycles. The highest BCUT2D eigenvalue weighted by Gasteiger charge is 2.35. The Labute approximate surface area is 171 Å². The molecule has 1 aromatic carbocycles. The van der Waals surface area contributed by atoms with Crippen molar-refractivity contribution in [1.82, 2.24) is 5.32 Å². The number of nitrogens with one attached hydrogen (secondary N) is 1. The minimum Gasteiger partial charge on any atom is -0.469 e. The van der Waals surface area contributed by atoms with Crippen LogP contribution in [0.2, 0.25) is 0 Å². The Morgan fingerprint density at radius 2 is 1.90 bits per heavy atom. The Morgan fingerprint density at radius 1 is 1.14 bits per heavy atom. The number of carbonyl (C=O) groups excluding carboxylic acids is 2. The lowest BCUT2D eigenvalue weighted by atomic mass is 9.79. The summed E-state index contributed by atoms with van der Waals surface area (Å²) >= 11 is 0. The highest BCUT2D eigenvalue weighted by atomic mass is 16.7. The van der Waals surface area contributed by atoms with E-state index >= 15 is 0 Å². The molecule has 1 aromatic rings. The van der Waals surface area contributed by atoms with Crippen molar-refractivity contribution in [1.29, 1.82) is 0 Å². The Bertz CT molecular complexity index is 805. The third kappa shape index (κ3) is 5.62. The molecular weight excluding hydrogens is 370 g/mol. The van der Waals surface area contributed by atoms with Crippen LogP contribution in [0.5, 0.6) is 11.5 Å². The zero-order valence-corrected chi connectivity index (χ0v) is 17.2. The number of amides is 1. The number of hydrogen-bond donors (Lipinski definition) is 1. The first-order valence-electron chi connectivity index (χ1n) is 10.2. The number of carbonyl (C=O) groups is 2. The number of methoxy groups -OCH3 is 1. The first-order chi connectivity index (χ1) is 14.0. The predicted molar refractivity (Wildman–Crippen MR) is 111 cm³/mol. The van der Waals surface area contributed by atoms with E-state index in [1.54, 1.807) is 6.08 Å². The second-order valence-electron chi connectivity index (χ2n) is 7.60. The Hall–Kier alpha value is -2.76. The van der Waals surface area contributed by atoms with Crippen molar-refractivity contribution in [2.75, 3.05) is 13.9 Å². The quantitative estimate of drug-likeness (QED) is 0.424. The van der Waals surface area contributed by atoms with Crippen molar-refractivity contribution in [3.05, 3.63) is 41.5 Å². The van der Waals surface area contributed by atoms with E-state index in [-0.39, 0.29) is 25.1 Å². The molecule has 3 rings (SSSR count). The van der Waals surface area contributed by atoms with E-state index in [0.717, 1.165) is 61.2 Å². The molecule has 1 aliphatic carbocycles. The molecule has 0 bridgehead atoms. The van der Waals surface area contributed by atoms with Gasteiger partial charge in [0, 0.05) is 6.08 Å². The van der Waals surface area contributed by atoms with Crippen LogP contribution in [0.25, 0.3) is 6.08 Å². The maximum atomic E-state index is 12.6. The van der Waals surface area contributed by atoms with Gasteiger partial charge in [0.05, 0.1) is 19.1 Å². The van der Waals surface area contributed by atoms with Crippen LogP contribution >= 0.6 is 0 Å². The SMILES string of the molecule is CCC(/C=C/C(=O)NC1(CC(=O)OC)CCCCC1)=C\c1ccc2c(c1)OCO2. The summed E-state index contributed by atoms with van der Waals surface area (Å²) in [6.07, 6.45) is 11.2. The molecule has 0 atom stereocenters. The summed E-state index contributed by atoms with van der Waals surface area (Å²) < 4.78 is 15.6. The molecule has 1 saturated carbocycles. The Kier molecular flexibility index (Phi) is 6.96. The molecule has 29 heavy (non-hydrogen) atoms. The van der Waals surface area contributed by atoms with Gasteiger partial charge >= 0.3 is 5.97 Å². The minimum absolute atomic E-state index is 0.180. The van der Waals surface area contributed by atoms with Crippen molar-refractivity contribution in [2.45, 2.75) is 57.4 Å². The summed E-state index contributed by atoms with van der Waals surface area (Å²) in [6, 6.07) is 5.78. The summed E-state index contributed by atoms with van der Waals surface area (Å²) in [4.78, 5) is 24.4. The third-order valence-electron chi connectivity index (χ3n) is 5.52. The van der Waals surface area contributed by atoms with Gasteiger partial charge in [0.25, 0.3) is 0 Å². The molecule has 0 spiro atoms. The van der Waals surface area contributed by atoms with Crippen molar-refractivity contribution in [3.8, 4) is 11.5 Å². The fraction of sp³-hybridized carbons (Fsp3) is 0.478. The van der Waals surface area contributed by atoms with E-state index in [1.165, 1.54) is 7.11 Å². The smallest absolute Gasteiger partial charge is 0.307 e. The van der Waals surface area contributed by atoms with Gasteiger partial charge in [0.2, 0.25) is 12.7 Å². The van der Waals surface area contributed by atoms with E-state index in [1.807, 2.05) is 37.3 Å². The maximum absolute atomic E-state index is 12.6. The topological polar surface area (TPSA) is 73.9 Å². The monoisotopic (exact) mass is 399 g/mol. The van der Waals surface area contributed by atoms with Gasteiger partial charge in [0.15, 0.2) is 11.5 Å². The number of ether oxygens (including phenoxy) is 3. The van der Waals surface area contributed by atoms with Gasteiger partial charge in [-0.15, -0.1) is 0 Å². The molecule has 0 radical (unpaired) electrons. The van der Waals surface area contributed by atoms with Crippen molar-refractivity contribution >= 4 is 18.0 Å². The van der Waals surface area contributed by atoms with Gasteiger partial charge in [0.1, 0.15) is 0 Å². The highest BCUT2D eigenvalue weighted by Crippen LogP contribution is 2.33. The van der Waals surface area contributed by atoms with Crippen molar-refractivity contribution < 1.29 is 23.8 Å². The van der Waals surface area contributed by atoms with E-state index < -0.39 is 5.54 Å². The molecule has 156 valence electrons. The average Bonchev–Trinajstić information content (AvgIpc) is 3.19. The highest BCUT2D eigenvalue weighted by molar-refractivity contribution is 5.89. The standard InChI is InChI=1S/C23H29NO5/c1-3-17(13-18-7-9-19-20(14-18)29-16-28-19)8-10-21(25)24-23(15-22(26)27-2)11-5-4-6-12-23/h7-10,13-14H,3-6,11-12,15-16H2,1-2H3,(H,24,25)/b10-8+,17-13+. The molecule has 1 heterocycles. The zero-order chi connectivity index (χ0) is 20.7. The van der Waals surface area contributed by atoms with Crippen LogP contribution in [0.4, 0.5) is 0 Å². The number of benzene rings is 1. The molecule has 1 fully saturated rings. The van der Waals surface area contributed by atoms with Gasteiger partial charge < -0.3 is 19.5 Å². The van der Waals surface area contributed by atoms with Crippen LogP contribution in [0, 0.1) is 0 Å². The first-order valence-corrected chi connectivity index (χ1v) is 10.2. The fourth-order valence-corrected chi connectivity index (χ4v) is 3.89. The molecule has 0 unspecified atom stereocenters. The Balaban J connectivity index is 1.67. The van der Waals surface area contributed by atoms with E-state index in [2.05, 4.69) is 5.32 Å². The van der Waals surface area contributed by atoms with E-state index in [4.69, 9.17) is 14.2 Å². The van der Waals surface area contributed by atoms with Crippen LogP contribution < -0.4 is 14.8 Å². The normalized spacial score (nSPS) is 17.9. The zero-order valence-electron chi connectivity index (χ0n) is 17.2. The third-order valence-corrected chi connectivity index (χ3v) is 5.52. The number of hydrogen-bond acceptors (Lipinski definition) is 5. The van der Waals surface area contributed by atoms with Crippen LogP contribution in [0.15, 0.2) is 35.9 Å². The number of rotatable bonds is 7. The maximum Gasteiger partial charge on any atom is 0.307 e. The van der Waals surface area contributed by atoms with E-state index in [0.29, 0.717) is 0 Å². The first kappa shape index (κ1) is 21.0.